The number of piperazine rings is 1. The molecule has 2 aliphatic heterocycles. The second-order valence-corrected chi connectivity index (χ2v) is 7.03. The van der Waals surface area contributed by atoms with E-state index in [0.29, 0.717) is 12.3 Å². The summed E-state index contributed by atoms with van der Waals surface area (Å²) in [6.45, 7) is 6.03. The standard InChI is InChI=1S/C21H25N3O4/c1-15-11-19-20(28-14-27-19)12-18(15)22-21(25)13-23-7-9-24(10-8-23)16-3-5-17(26-2)6-4-16/h3-6,11-12H,7-10,13-14H2,1-2H3,(H,22,25). The predicted molar refractivity (Wildman–Crippen MR) is 108 cm³/mol. The van der Waals surface area contributed by atoms with Gasteiger partial charge in [0, 0.05) is 43.6 Å². The molecular weight excluding hydrogens is 358 g/mol. The molecule has 4 rings (SSSR count). The number of benzene rings is 2. The molecule has 148 valence electrons. The summed E-state index contributed by atoms with van der Waals surface area (Å²) < 4.78 is 16.0. The smallest absolute Gasteiger partial charge is 0.238 e. The Kier molecular flexibility index (Phi) is 5.25. The van der Waals surface area contributed by atoms with Crippen LogP contribution >= 0.6 is 0 Å². The summed E-state index contributed by atoms with van der Waals surface area (Å²) in [5.41, 5.74) is 2.91. The van der Waals surface area contributed by atoms with E-state index in [1.165, 1.54) is 5.69 Å². The number of anilines is 2. The highest BCUT2D eigenvalue weighted by atomic mass is 16.7. The Hall–Kier alpha value is -2.93. The first kappa shape index (κ1) is 18.4. The highest BCUT2D eigenvalue weighted by molar-refractivity contribution is 5.93. The Morgan fingerprint density at radius 3 is 2.43 bits per heavy atom. The number of ether oxygens (including phenoxy) is 3. The van der Waals surface area contributed by atoms with Crippen molar-refractivity contribution in [2.45, 2.75) is 6.92 Å². The van der Waals surface area contributed by atoms with Crippen LogP contribution in [0.25, 0.3) is 0 Å². The number of hydrogen-bond donors (Lipinski definition) is 1. The van der Waals surface area contributed by atoms with E-state index in [9.17, 15) is 4.79 Å². The van der Waals surface area contributed by atoms with Crippen molar-refractivity contribution < 1.29 is 19.0 Å². The molecule has 7 heteroatoms. The van der Waals surface area contributed by atoms with Crippen LogP contribution in [0.5, 0.6) is 17.2 Å². The summed E-state index contributed by atoms with van der Waals surface area (Å²) in [6, 6.07) is 11.8. The molecule has 2 heterocycles. The summed E-state index contributed by atoms with van der Waals surface area (Å²) in [5.74, 6) is 2.25. The van der Waals surface area contributed by atoms with Crippen LogP contribution < -0.4 is 24.4 Å². The van der Waals surface area contributed by atoms with Gasteiger partial charge in [-0.15, -0.1) is 0 Å². The maximum atomic E-state index is 12.5. The van der Waals surface area contributed by atoms with Gasteiger partial charge < -0.3 is 24.4 Å². The van der Waals surface area contributed by atoms with E-state index in [4.69, 9.17) is 14.2 Å². The monoisotopic (exact) mass is 383 g/mol. The molecule has 0 atom stereocenters. The lowest BCUT2D eigenvalue weighted by molar-refractivity contribution is -0.117. The van der Waals surface area contributed by atoms with Crippen LogP contribution in [0.2, 0.25) is 0 Å². The minimum absolute atomic E-state index is 0.0140. The Balaban J connectivity index is 1.29. The molecule has 2 aliphatic rings. The quantitative estimate of drug-likeness (QED) is 0.856. The molecule has 2 aromatic rings. The number of carbonyl (C=O) groups excluding carboxylic acids is 1. The van der Waals surface area contributed by atoms with Gasteiger partial charge in [-0.2, -0.15) is 0 Å². The lowest BCUT2D eigenvalue weighted by atomic mass is 10.1. The third kappa shape index (κ3) is 3.99. The molecule has 0 unspecified atom stereocenters. The topological polar surface area (TPSA) is 63.3 Å². The minimum Gasteiger partial charge on any atom is -0.497 e. The van der Waals surface area contributed by atoms with Crippen LogP contribution in [0.4, 0.5) is 11.4 Å². The molecule has 1 fully saturated rings. The molecule has 7 nitrogen and oxygen atoms in total. The summed E-state index contributed by atoms with van der Waals surface area (Å²) in [4.78, 5) is 17.0. The number of carbonyl (C=O) groups is 1. The van der Waals surface area contributed by atoms with E-state index in [-0.39, 0.29) is 12.7 Å². The van der Waals surface area contributed by atoms with E-state index in [2.05, 4.69) is 27.2 Å². The summed E-state index contributed by atoms with van der Waals surface area (Å²) in [7, 11) is 1.67. The van der Waals surface area contributed by atoms with Gasteiger partial charge in [-0.05, 0) is 42.8 Å². The van der Waals surface area contributed by atoms with Crippen LogP contribution in [-0.4, -0.2) is 57.4 Å². The molecule has 1 N–H and O–H groups in total. The average Bonchev–Trinajstić information content (AvgIpc) is 3.16. The van der Waals surface area contributed by atoms with Gasteiger partial charge in [0.05, 0.1) is 13.7 Å². The first-order chi connectivity index (χ1) is 13.6. The van der Waals surface area contributed by atoms with Crippen molar-refractivity contribution in [3.8, 4) is 17.2 Å². The number of methoxy groups -OCH3 is 1. The van der Waals surface area contributed by atoms with E-state index in [1.54, 1.807) is 7.11 Å². The highest BCUT2D eigenvalue weighted by Gasteiger charge is 2.21. The molecule has 0 aromatic heterocycles. The van der Waals surface area contributed by atoms with Crippen molar-refractivity contribution >= 4 is 17.3 Å². The van der Waals surface area contributed by atoms with Crippen LogP contribution in [0.3, 0.4) is 0 Å². The van der Waals surface area contributed by atoms with Crippen LogP contribution in [0.15, 0.2) is 36.4 Å². The number of nitrogens with one attached hydrogen (secondary N) is 1. The SMILES string of the molecule is COc1ccc(N2CCN(CC(=O)Nc3cc4c(cc3C)OCO4)CC2)cc1. The fraction of sp³-hybridized carbons (Fsp3) is 0.381. The molecule has 0 radical (unpaired) electrons. The fourth-order valence-electron chi connectivity index (χ4n) is 3.53. The molecule has 1 amide bonds. The van der Waals surface area contributed by atoms with Crippen LogP contribution in [0.1, 0.15) is 5.56 Å². The Bertz CT molecular complexity index is 845. The third-order valence-electron chi connectivity index (χ3n) is 5.17. The lowest BCUT2D eigenvalue weighted by Crippen LogP contribution is -2.48. The van der Waals surface area contributed by atoms with E-state index in [1.807, 2.05) is 31.2 Å². The number of aryl methyl sites for hydroxylation is 1. The number of hydrogen-bond acceptors (Lipinski definition) is 6. The molecule has 0 saturated carbocycles. The van der Waals surface area contributed by atoms with Crippen LogP contribution in [0, 0.1) is 6.92 Å². The lowest BCUT2D eigenvalue weighted by Gasteiger charge is -2.35. The van der Waals surface area contributed by atoms with Crippen molar-refractivity contribution in [1.29, 1.82) is 0 Å². The Morgan fingerprint density at radius 2 is 1.75 bits per heavy atom. The summed E-state index contributed by atoms with van der Waals surface area (Å²) >= 11 is 0. The maximum absolute atomic E-state index is 12.5. The molecule has 0 aliphatic carbocycles. The number of rotatable bonds is 5. The first-order valence-electron chi connectivity index (χ1n) is 9.44. The largest absolute Gasteiger partial charge is 0.497 e. The molecule has 28 heavy (non-hydrogen) atoms. The molecule has 1 saturated heterocycles. The zero-order valence-corrected chi connectivity index (χ0v) is 16.2. The van der Waals surface area contributed by atoms with Gasteiger partial charge in [0.2, 0.25) is 12.7 Å². The van der Waals surface area contributed by atoms with Gasteiger partial charge in [0.1, 0.15) is 5.75 Å². The van der Waals surface area contributed by atoms with Gasteiger partial charge in [-0.3, -0.25) is 9.69 Å². The molecule has 0 spiro atoms. The second-order valence-electron chi connectivity index (χ2n) is 7.03. The number of nitrogens with zero attached hydrogens (tertiary/aromatic N) is 2. The van der Waals surface area contributed by atoms with Crippen LogP contribution in [-0.2, 0) is 4.79 Å². The Labute approximate surface area is 164 Å². The van der Waals surface area contributed by atoms with Crippen molar-refractivity contribution in [2.75, 3.05) is 56.8 Å². The average molecular weight is 383 g/mol. The first-order valence-corrected chi connectivity index (χ1v) is 9.44. The maximum Gasteiger partial charge on any atom is 0.238 e. The van der Waals surface area contributed by atoms with Gasteiger partial charge >= 0.3 is 0 Å². The van der Waals surface area contributed by atoms with Gasteiger partial charge in [0.15, 0.2) is 11.5 Å². The highest BCUT2D eigenvalue weighted by Crippen LogP contribution is 2.36. The summed E-state index contributed by atoms with van der Waals surface area (Å²) in [5, 5.41) is 3.00. The van der Waals surface area contributed by atoms with Crippen molar-refractivity contribution in [3.05, 3.63) is 42.0 Å². The Morgan fingerprint density at radius 1 is 1.07 bits per heavy atom. The summed E-state index contributed by atoms with van der Waals surface area (Å²) in [6.07, 6.45) is 0. The van der Waals surface area contributed by atoms with E-state index < -0.39 is 0 Å². The van der Waals surface area contributed by atoms with Crippen molar-refractivity contribution in [2.24, 2.45) is 0 Å². The predicted octanol–water partition coefficient (Wildman–Crippen LogP) is 2.49. The fourth-order valence-corrected chi connectivity index (χ4v) is 3.53. The van der Waals surface area contributed by atoms with E-state index in [0.717, 1.165) is 48.9 Å². The van der Waals surface area contributed by atoms with Gasteiger partial charge in [-0.1, -0.05) is 0 Å². The van der Waals surface area contributed by atoms with Gasteiger partial charge in [0.25, 0.3) is 0 Å². The number of fused-ring (bicyclic) bond motifs is 1. The molecule has 2 aromatic carbocycles. The number of amides is 1. The van der Waals surface area contributed by atoms with Crippen molar-refractivity contribution in [1.82, 2.24) is 4.90 Å². The molecular formula is C21H25N3O4. The molecule has 0 bridgehead atoms. The van der Waals surface area contributed by atoms with Gasteiger partial charge in [-0.25, -0.2) is 0 Å². The van der Waals surface area contributed by atoms with Crippen molar-refractivity contribution in [3.63, 3.8) is 0 Å². The second kappa shape index (κ2) is 7.98. The van der Waals surface area contributed by atoms with E-state index >= 15 is 0 Å². The third-order valence-corrected chi connectivity index (χ3v) is 5.17. The minimum atomic E-state index is -0.0140. The zero-order chi connectivity index (χ0) is 19.5. The normalized spacial score (nSPS) is 16.1. The zero-order valence-electron chi connectivity index (χ0n) is 16.2.